The highest BCUT2D eigenvalue weighted by molar-refractivity contribution is 5.91. The first-order valence-electron chi connectivity index (χ1n) is 10.1. The molecule has 28 heavy (non-hydrogen) atoms. The molecule has 0 atom stereocenters. The average Bonchev–Trinajstić information content (AvgIpc) is 3.06. The van der Waals surface area contributed by atoms with Gasteiger partial charge >= 0.3 is 0 Å². The van der Waals surface area contributed by atoms with Gasteiger partial charge in [-0.1, -0.05) is 38.0 Å². The highest BCUT2D eigenvalue weighted by atomic mass is 16.5. The summed E-state index contributed by atoms with van der Waals surface area (Å²) >= 11 is 0. The van der Waals surface area contributed by atoms with Crippen LogP contribution in [0.2, 0.25) is 0 Å². The van der Waals surface area contributed by atoms with Crippen LogP contribution in [0.15, 0.2) is 36.4 Å². The van der Waals surface area contributed by atoms with Crippen molar-refractivity contribution in [2.45, 2.75) is 52.0 Å². The second-order valence-corrected chi connectivity index (χ2v) is 6.85. The third-order valence-electron chi connectivity index (χ3n) is 4.65. The number of aromatic nitrogens is 2. The largest absolute Gasteiger partial charge is 0.327 e. The van der Waals surface area contributed by atoms with Crippen LogP contribution in [0.1, 0.15) is 50.4 Å². The van der Waals surface area contributed by atoms with E-state index in [4.69, 9.17) is 10.2 Å². The number of hydrogen-bond donors (Lipinski definition) is 3. The quantitative estimate of drug-likeness (QED) is 0.171. The molecule has 3 N–H and O–H groups in total. The van der Waals surface area contributed by atoms with Gasteiger partial charge in [0, 0.05) is 25.6 Å². The molecule has 2 aromatic rings. The summed E-state index contributed by atoms with van der Waals surface area (Å²) in [5, 5.41) is 11.8. The van der Waals surface area contributed by atoms with Crippen LogP contribution >= 0.6 is 0 Å². The Morgan fingerprint density at radius 2 is 2.07 bits per heavy atom. The van der Waals surface area contributed by atoms with Crippen LogP contribution in [0, 0.1) is 0 Å². The second kappa shape index (κ2) is 12.1. The predicted octanol–water partition coefficient (Wildman–Crippen LogP) is 3.84. The van der Waals surface area contributed by atoms with Gasteiger partial charge in [0.1, 0.15) is 5.82 Å². The molecule has 152 valence electrons. The van der Waals surface area contributed by atoms with Gasteiger partial charge in [0.05, 0.1) is 11.0 Å². The number of amides is 1. The minimum absolute atomic E-state index is 0.550. The van der Waals surface area contributed by atoms with Crippen LogP contribution in [0.5, 0.6) is 0 Å². The van der Waals surface area contributed by atoms with Crippen molar-refractivity contribution in [3.05, 3.63) is 47.8 Å². The van der Waals surface area contributed by atoms with Gasteiger partial charge in [-0.05, 0) is 50.1 Å². The molecule has 0 spiro atoms. The summed E-state index contributed by atoms with van der Waals surface area (Å²) in [5.41, 5.74) is 4.49. The fraction of sp³-hybridized carbons (Fsp3) is 0.455. The maximum atomic E-state index is 11.2. The SMILES string of the molecule is CCCCC/C=C\CCc1nc2cc(/C=C/C(=O)NO)ccc2n1CCNC. The zero-order chi connectivity index (χ0) is 20.2. The second-order valence-electron chi connectivity index (χ2n) is 6.85. The van der Waals surface area contributed by atoms with Gasteiger partial charge in [0.25, 0.3) is 5.91 Å². The summed E-state index contributed by atoms with van der Waals surface area (Å²) in [4.78, 5) is 16.0. The Morgan fingerprint density at radius 1 is 1.25 bits per heavy atom. The van der Waals surface area contributed by atoms with Crippen molar-refractivity contribution in [3.63, 3.8) is 0 Å². The van der Waals surface area contributed by atoms with Crippen molar-refractivity contribution in [1.29, 1.82) is 0 Å². The molecule has 6 nitrogen and oxygen atoms in total. The Bertz CT molecular complexity index is 808. The molecule has 2 rings (SSSR count). The Hall–Kier alpha value is -2.44. The molecule has 0 aliphatic rings. The molecule has 0 fully saturated rings. The zero-order valence-electron chi connectivity index (χ0n) is 16.9. The number of carbonyl (C=O) groups is 1. The number of hydroxylamine groups is 1. The summed E-state index contributed by atoms with van der Waals surface area (Å²) in [7, 11) is 1.95. The number of nitrogens with one attached hydrogen (secondary N) is 2. The molecule has 0 radical (unpaired) electrons. The van der Waals surface area contributed by atoms with Crippen LogP contribution in [0.4, 0.5) is 0 Å². The number of hydrogen-bond acceptors (Lipinski definition) is 4. The smallest absolute Gasteiger partial charge is 0.267 e. The van der Waals surface area contributed by atoms with Gasteiger partial charge in [-0.2, -0.15) is 0 Å². The molecular formula is C22H32N4O2. The lowest BCUT2D eigenvalue weighted by Crippen LogP contribution is -2.16. The molecule has 0 bridgehead atoms. The topological polar surface area (TPSA) is 79.2 Å². The van der Waals surface area contributed by atoms with E-state index in [-0.39, 0.29) is 0 Å². The molecule has 0 saturated heterocycles. The first kappa shape index (κ1) is 21.9. The third-order valence-corrected chi connectivity index (χ3v) is 4.65. The monoisotopic (exact) mass is 384 g/mol. The number of nitrogens with zero attached hydrogens (tertiary/aromatic N) is 2. The van der Waals surface area contributed by atoms with Crippen LogP contribution < -0.4 is 10.8 Å². The first-order valence-corrected chi connectivity index (χ1v) is 10.1. The van der Waals surface area contributed by atoms with Crippen molar-refractivity contribution in [3.8, 4) is 0 Å². The molecule has 0 aliphatic carbocycles. The third kappa shape index (κ3) is 6.62. The lowest BCUT2D eigenvalue weighted by atomic mass is 10.2. The molecule has 0 saturated carbocycles. The highest BCUT2D eigenvalue weighted by Crippen LogP contribution is 2.20. The van der Waals surface area contributed by atoms with Crippen molar-refractivity contribution in [2.24, 2.45) is 0 Å². The predicted molar refractivity (Wildman–Crippen MR) is 114 cm³/mol. The number of allylic oxidation sites excluding steroid dienone is 2. The molecular weight excluding hydrogens is 352 g/mol. The van der Waals surface area contributed by atoms with Crippen LogP contribution in [-0.4, -0.2) is 34.3 Å². The van der Waals surface area contributed by atoms with E-state index >= 15 is 0 Å². The number of likely N-dealkylation sites (N-methyl/N-ethyl adjacent to an activating group) is 1. The Balaban J connectivity index is 2.13. The van der Waals surface area contributed by atoms with Crippen molar-refractivity contribution >= 4 is 23.0 Å². The molecule has 0 unspecified atom stereocenters. The van der Waals surface area contributed by atoms with Crippen LogP contribution in [-0.2, 0) is 17.8 Å². The maximum Gasteiger partial charge on any atom is 0.267 e. The van der Waals surface area contributed by atoms with E-state index in [1.165, 1.54) is 25.3 Å². The van der Waals surface area contributed by atoms with Gasteiger partial charge in [-0.15, -0.1) is 0 Å². The van der Waals surface area contributed by atoms with Crippen LogP contribution in [0.25, 0.3) is 17.1 Å². The first-order chi connectivity index (χ1) is 13.7. The number of rotatable bonds is 12. The minimum atomic E-state index is -0.550. The van der Waals surface area contributed by atoms with Gasteiger partial charge < -0.3 is 9.88 Å². The van der Waals surface area contributed by atoms with Gasteiger partial charge in [0.15, 0.2) is 0 Å². The molecule has 1 aromatic carbocycles. The van der Waals surface area contributed by atoms with Crippen molar-refractivity contribution in [2.75, 3.05) is 13.6 Å². The van der Waals surface area contributed by atoms with Crippen molar-refractivity contribution < 1.29 is 10.0 Å². The van der Waals surface area contributed by atoms with Gasteiger partial charge in [0.2, 0.25) is 0 Å². The summed E-state index contributed by atoms with van der Waals surface area (Å²) in [6.45, 7) is 3.97. The summed E-state index contributed by atoms with van der Waals surface area (Å²) in [5.74, 6) is 0.531. The van der Waals surface area contributed by atoms with E-state index in [9.17, 15) is 4.79 Å². The summed E-state index contributed by atoms with van der Waals surface area (Å²) in [6, 6.07) is 5.97. The number of imidazole rings is 1. The Kier molecular flexibility index (Phi) is 9.45. The van der Waals surface area contributed by atoms with E-state index in [0.717, 1.165) is 54.8 Å². The van der Waals surface area contributed by atoms with E-state index in [1.54, 1.807) is 11.6 Å². The molecule has 6 heteroatoms. The lowest BCUT2D eigenvalue weighted by Gasteiger charge is -2.08. The summed E-state index contributed by atoms with van der Waals surface area (Å²) in [6.07, 6.45) is 14.4. The fourth-order valence-corrected chi connectivity index (χ4v) is 3.13. The maximum absolute atomic E-state index is 11.2. The fourth-order valence-electron chi connectivity index (χ4n) is 3.13. The van der Waals surface area contributed by atoms with Crippen LogP contribution in [0.3, 0.4) is 0 Å². The minimum Gasteiger partial charge on any atom is -0.327 e. The van der Waals surface area contributed by atoms with E-state index < -0.39 is 5.91 Å². The Morgan fingerprint density at radius 3 is 2.82 bits per heavy atom. The number of aryl methyl sites for hydroxylation is 1. The molecule has 0 aliphatic heterocycles. The number of benzene rings is 1. The van der Waals surface area contributed by atoms with E-state index in [1.807, 2.05) is 25.2 Å². The number of carbonyl (C=O) groups excluding carboxylic acids is 1. The van der Waals surface area contributed by atoms with Crippen molar-refractivity contribution in [1.82, 2.24) is 20.3 Å². The lowest BCUT2D eigenvalue weighted by molar-refractivity contribution is -0.124. The molecule has 1 aromatic heterocycles. The number of fused-ring (bicyclic) bond motifs is 1. The Labute approximate surface area is 167 Å². The average molecular weight is 385 g/mol. The number of unbranched alkanes of at least 4 members (excludes halogenated alkanes) is 3. The van der Waals surface area contributed by atoms with E-state index in [0.29, 0.717) is 0 Å². The standard InChI is InChI=1S/C22H32N4O2/c1-3-4-5-6-7-8-9-10-21-24-19-17-18(12-14-22(27)25-28)11-13-20(19)26(21)16-15-23-2/h7-8,11-14,17,23,28H,3-6,9-10,15-16H2,1-2H3,(H,25,27)/b8-7-,14-12+. The van der Waals surface area contributed by atoms with Gasteiger partial charge in [-0.3, -0.25) is 10.0 Å². The molecule has 1 amide bonds. The highest BCUT2D eigenvalue weighted by Gasteiger charge is 2.10. The van der Waals surface area contributed by atoms with Gasteiger partial charge in [-0.25, -0.2) is 10.5 Å². The summed E-state index contributed by atoms with van der Waals surface area (Å²) < 4.78 is 2.27. The van der Waals surface area contributed by atoms with E-state index in [2.05, 4.69) is 29.0 Å². The normalized spacial score (nSPS) is 11.8. The molecule has 1 heterocycles. The zero-order valence-corrected chi connectivity index (χ0v) is 16.9.